The van der Waals surface area contributed by atoms with Gasteiger partial charge < -0.3 is 4.52 Å². The lowest BCUT2D eigenvalue weighted by Gasteiger charge is -2.65. The predicted octanol–water partition coefficient (Wildman–Crippen LogP) is 7.63. The van der Waals surface area contributed by atoms with Crippen LogP contribution >= 0.6 is 0 Å². The molecule has 216 valence electrons. The van der Waals surface area contributed by atoms with Crippen LogP contribution in [-0.4, -0.2) is 21.7 Å². The van der Waals surface area contributed by atoms with Crippen LogP contribution in [-0.2, 0) is 15.0 Å². The zero-order chi connectivity index (χ0) is 29.5. The Balaban J connectivity index is 1.63. The molecule has 1 aromatic rings. The number of Topliss-reactive ketones (excluding diaryl/α,β-unsaturated/α-hetero) is 1. The second-order valence-electron chi connectivity index (χ2n) is 15.7. The molecule has 1 heterocycles. The molecule has 3 fully saturated rings. The second-order valence-corrected chi connectivity index (χ2v) is 15.7. The van der Waals surface area contributed by atoms with E-state index < -0.39 is 10.8 Å². The molecule has 4 aliphatic carbocycles. The van der Waals surface area contributed by atoms with Crippen molar-refractivity contribution in [2.45, 2.75) is 119 Å². The van der Waals surface area contributed by atoms with Crippen molar-refractivity contribution in [1.29, 1.82) is 5.26 Å². The Labute approximate surface area is 240 Å². The molecule has 0 bridgehead atoms. The van der Waals surface area contributed by atoms with Crippen molar-refractivity contribution in [3.63, 3.8) is 0 Å². The van der Waals surface area contributed by atoms with Crippen LogP contribution < -0.4 is 0 Å². The molecule has 0 radical (unpaired) electrons. The topological polar surface area (TPSA) is 96.8 Å². The molecule has 1 aromatic heterocycles. The van der Waals surface area contributed by atoms with Gasteiger partial charge in [-0.15, -0.1) is 0 Å². The minimum Gasteiger partial charge on any atom is -0.339 e. The van der Waals surface area contributed by atoms with E-state index in [9.17, 15) is 14.9 Å². The Kier molecular flexibility index (Phi) is 6.50. The first kappa shape index (κ1) is 29.0. The molecule has 40 heavy (non-hydrogen) atoms. The van der Waals surface area contributed by atoms with Gasteiger partial charge in [-0.2, -0.15) is 10.2 Å². The first-order chi connectivity index (χ1) is 18.4. The van der Waals surface area contributed by atoms with Gasteiger partial charge in [-0.25, -0.2) is 0 Å². The summed E-state index contributed by atoms with van der Waals surface area (Å²) in [5.74, 6) is 1.88. The first-order valence-corrected chi connectivity index (χ1v) is 15.2. The number of ketones is 2. The molecule has 0 spiro atoms. The highest BCUT2D eigenvalue weighted by Crippen LogP contribution is 2.71. The van der Waals surface area contributed by atoms with Crippen molar-refractivity contribution < 1.29 is 14.1 Å². The summed E-state index contributed by atoms with van der Waals surface area (Å²) in [7, 11) is 0. The second kappa shape index (κ2) is 8.97. The number of rotatable bonds is 3. The molecule has 6 heteroatoms. The van der Waals surface area contributed by atoms with Gasteiger partial charge in [-0.1, -0.05) is 65.3 Å². The lowest BCUT2D eigenvalue weighted by atomic mass is 9.38. The molecule has 0 aliphatic heterocycles. The van der Waals surface area contributed by atoms with Gasteiger partial charge in [0, 0.05) is 10.8 Å². The summed E-state index contributed by atoms with van der Waals surface area (Å²) in [6, 6.07) is 2.21. The van der Waals surface area contributed by atoms with Crippen LogP contribution in [0.15, 0.2) is 27.8 Å². The number of allylic oxidation sites excluding steroid dienone is 4. The number of aryl methyl sites for hydroxylation is 1. The molecular weight excluding hydrogens is 498 g/mol. The third-order valence-electron chi connectivity index (χ3n) is 12.4. The predicted molar refractivity (Wildman–Crippen MR) is 154 cm³/mol. The lowest BCUT2D eigenvalue weighted by molar-refractivity contribution is -0.133. The maximum atomic E-state index is 13.3. The summed E-state index contributed by atoms with van der Waals surface area (Å²) in [6.07, 6.45) is 11.9. The molecule has 6 nitrogen and oxygen atoms in total. The molecule has 0 N–H and O–H groups in total. The molecule has 3 saturated carbocycles. The van der Waals surface area contributed by atoms with Crippen molar-refractivity contribution in [3.05, 3.63) is 35.0 Å². The van der Waals surface area contributed by atoms with Gasteiger partial charge in [0.25, 0.3) is 0 Å². The van der Waals surface area contributed by atoms with Crippen molar-refractivity contribution in [3.8, 4) is 6.07 Å². The standard InChI is InChI=1S/C34H47N3O3/c1-21(38)16-26-32(8)17-23(20-35)27(39)30(5,6)25(32)10-11-33(26,9)31(7)13-15-34(28-36-22(2)37-40-28)14-12-29(3,4)18-24(34)19-31/h16-17,24-25H,10-15,18-19H2,1-9H3/b26-16-/t24?,25-,31+,32-,33+,34-/m0/s1. The maximum absolute atomic E-state index is 13.3. The van der Waals surface area contributed by atoms with Gasteiger partial charge in [0.05, 0.1) is 11.0 Å². The van der Waals surface area contributed by atoms with Crippen molar-refractivity contribution in [2.24, 2.45) is 38.9 Å². The minimum absolute atomic E-state index is 0.0265. The van der Waals surface area contributed by atoms with Crippen LogP contribution in [0.25, 0.3) is 0 Å². The number of hydrogen-bond donors (Lipinski definition) is 0. The fourth-order valence-corrected chi connectivity index (χ4v) is 9.90. The fourth-order valence-electron chi connectivity index (χ4n) is 9.90. The van der Waals surface area contributed by atoms with Crippen LogP contribution in [0.3, 0.4) is 0 Å². The number of carbonyl (C=O) groups is 2. The fraction of sp³-hybridized carbons (Fsp3) is 0.735. The number of hydrogen-bond acceptors (Lipinski definition) is 6. The molecular formula is C34H47N3O3. The average molecular weight is 546 g/mol. The molecule has 6 atom stereocenters. The zero-order valence-electron chi connectivity index (χ0n) is 26.0. The number of fused-ring (bicyclic) bond motifs is 2. The Morgan fingerprint density at radius 1 is 1.05 bits per heavy atom. The largest absolute Gasteiger partial charge is 0.339 e. The van der Waals surface area contributed by atoms with E-state index in [1.165, 1.54) is 0 Å². The van der Waals surface area contributed by atoms with Crippen LogP contribution in [0.2, 0.25) is 0 Å². The average Bonchev–Trinajstić information content (AvgIpc) is 3.30. The SMILES string of the molecule is CC(=O)/C=C1/[C@@]2(C)C=C(C#N)C(=O)C(C)(C)[C@@H]2CC[C@@]1(C)[C@]1(C)CC[C@@]2(c3nc(C)no3)CCC(C)(C)CC2C1. The summed E-state index contributed by atoms with van der Waals surface area (Å²) in [6.45, 7) is 19.2. The van der Waals surface area contributed by atoms with Gasteiger partial charge in [0.1, 0.15) is 6.07 Å². The van der Waals surface area contributed by atoms with Crippen LogP contribution in [0.5, 0.6) is 0 Å². The summed E-state index contributed by atoms with van der Waals surface area (Å²) < 4.78 is 5.90. The van der Waals surface area contributed by atoms with E-state index >= 15 is 0 Å². The Morgan fingerprint density at radius 2 is 1.73 bits per heavy atom. The van der Waals surface area contributed by atoms with E-state index in [4.69, 9.17) is 9.51 Å². The molecule has 0 amide bonds. The van der Waals surface area contributed by atoms with Gasteiger partial charge >= 0.3 is 0 Å². The van der Waals surface area contributed by atoms with E-state index in [-0.39, 0.29) is 44.7 Å². The van der Waals surface area contributed by atoms with Gasteiger partial charge in [0.2, 0.25) is 5.89 Å². The normalized spacial score (nSPS) is 41.5. The molecule has 1 unspecified atom stereocenters. The van der Waals surface area contributed by atoms with Gasteiger partial charge in [-0.05, 0) is 99.4 Å². The highest BCUT2D eigenvalue weighted by molar-refractivity contribution is 6.04. The number of carbonyl (C=O) groups excluding carboxylic acids is 2. The van der Waals surface area contributed by atoms with Gasteiger partial charge in [-0.3, -0.25) is 9.59 Å². The van der Waals surface area contributed by atoms with Crippen molar-refractivity contribution in [1.82, 2.24) is 10.1 Å². The Bertz CT molecular complexity index is 1360. The number of aromatic nitrogens is 2. The zero-order valence-corrected chi connectivity index (χ0v) is 26.0. The van der Waals surface area contributed by atoms with E-state index in [1.54, 1.807) is 6.92 Å². The Hall–Kier alpha value is -2.55. The molecule has 0 saturated heterocycles. The lowest BCUT2D eigenvalue weighted by Crippen LogP contribution is -2.59. The third kappa shape index (κ3) is 4.01. The van der Waals surface area contributed by atoms with Crippen LogP contribution in [0, 0.1) is 57.2 Å². The summed E-state index contributed by atoms with van der Waals surface area (Å²) in [5, 5.41) is 14.2. The van der Waals surface area contributed by atoms with E-state index in [1.807, 2.05) is 32.9 Å². The quantitative estimate of drug-likeness (QED) is 0.362. The molecule has 5 rings (SSSR count). The molecule has 4 aliphatic rings. The van der Waals surface area contributed by atoms with E-state index in [2.05, 4.69) is 45.8 Å². The third-order valence-corrected chi connectivity index (χ3v) is 12.4. The maximum Gasteiger partial charge on any atom is 0.233 e. The summed E-state index contributed by atoms with van der Waals surface area (Å²) in [4.78, 5) is 31.0. The minimum atomic E-state index is -0.669. The van der Waals surface area contributed by atoms with Gasteiger partial charge in [0.15, 0.2) is 17.4 Å². The molecule has 0 aromatic carbocycles. The van der Waals surface area contributed by atoms with Crippen LogP contribution in [0.4, 0.5) is 0 Å². The smallest absolute Gasteiger partial charge is 0.233 e. The monoisotopic (exact) mass is 545 g/mol. The summed E-state index contributed by atoms with van der Waals surface area (Å²) >= 11 is 0. The van der Waals surface area contributed by atoms with Crippen molar-refractivity contribution in [2.75, 3.05) is 0 Å². The first-order valence-electron chi connectivity index (χ1n) is 15.2. The number of nitrogens with zero attached hydrogens (tertiary/aromatic N) is 3. The highest BCUT2D eigenvalue weighted by Gasteiger charge is 2.65. The summed E-state index contributed by atoms with van der Waals surface area (Å²) in [5.41, 5.74) is -0.0904. The number of nitriles is 1. The Morgan fingerprint density at radius 3 is 2.33 bits per heavy atom. The highest BCUT2D eigenvalue weighted by atomic mass is 16.5. The van der Waals surface area contributed by atoms with Crippen LogP contribution in [0.1, 0.15) is 118 Å². The van der Waals surface area contributed by atoms with E-state index in [0.717, 1.165) is 62.8 Å². The van der Waals surface area contributed by atoms with E-state index in [0.29, 0.717) is 11.7 Å². The van der Waals surface area contributed by atoms with Crippen molar-refractivity contribution >= 4 is 11.6 Å².